The number of anilines is 1. The maximum absolute atomic E-state index is 12.1. The molecule has 1 heterocycles. The molecule has 1 N–H and O–H groups in total. The van der Waals surface area contributed by atoms with Crippen molar-refractivity contribution in [2.24, 2.45) is 17.8 Å². The van der Waals surface area contributed by atoms with Crippen molar-refractivity contribution < 1.29 is 4.79 Å². The first-order valence-corrected chi connectivity index (χ1v) is 6.04. The van der Waals surface area contributed by atoms with Crippen LogP contribution in [0.3, 0.4) is 0 Å². The van der Waals surface area contributed by atoms with E-state index in [9.17, 15) is 4.79 Å². The van der Waals surface area contributed by atoms with Crippen molar-refractivity contribution >= 4 is 11.6 Å². The number of hydrogen-bond donors (Lipinski definition) is 1. The molecule has 2 aliphatic rings. The molecule has 0 unspecified atom stereocenters. The fraction of sp³-hybridized carbons (Fsp3) is 0.538. The lowest BCUT2D eigenvalue weighted by Crippen LogP contribution is -2.27. The Morgan fingerprint density at radius 3 is 2.94 bits per heavy atom. The molecule has 2 fully saturated rings. The van der Waals surface area contributed by atoms with Gasteiger partial charge in [0, 0.05) is 12.1 Å². The van der Waals surface area contributed by atoms with E-state index in [4.69, 9.17) is 0 Å². The van der Waals surface area contributed by atoms with Crippen LogP contribution < -0.4 is 5.32 Å². The number of amides is 1. The summed E-state index contributed by atoms with van der Waals surface area (Å²) in [6.07, 6.45) is 8.36. The molecule has 0 radical (unpaired) electrons. The molecule has 0 spiro atoms. The van der Waals surface area contributed by atoms with Gasteiger partial charge in [-0.1, -0.05) is 6.42 Å². The van der Waals surface area contributed by atoms with Crippen LogP contribution in [0.2, 0.25) is 0 Å². The monoisotopic (exact) mass is 216 g/mol. The Hall–Kier alpha value is -1.38. The fourth-order valence-electron chi connectivity index (χ4n) is 3.24. The molecule has 3 rings (SSSR count). The van der Waals surface area contributed by atoms with Gasteiger partial charge < -0.3 is 5.32 Å². The molecule has 1 aromatic heterocycles. The second-order valence-corrected chi connectivity index (χ2v) is 5.01. The number of nitrogens with one attached hydrogen (secondary N) is 1. The van der Waals surface area contributed by atoms with Gasteiger partial charge in [-0.25, -0.2) is 0 Å². The molecule has 2 bridgehead atoms. The summed E-state index contributed by atoms with van der Waals surface area (Å²) < 4.78 is 0. The van der Waals surface area contributed by atoms with Crippen molar-refractivity contribution in [3.8, 4) is 0 Å². The first kappa shape index (κ1) is 9.82. The second kappa shape index (κ2) is 3.89. The van der Waals surface area contributed by atoms with Crippen LogP contribution in [-0.4, -0.2) is 10.9 Å². The normalized spacial score (nSPS) is 31.6. The van der Waals surface area contributed by atoms with Crippen LogP contribution in [0.4, 0.5) is 5.69 Å². The van der Waals surface area contributed by atoms with Crippen LogP contribution in [0.1, 0.15) is 25.7 Å². The molecule has 1 amide bonds. The van der Waals surface area contributed by atoms with Crippen molar-refractivity contribution in [1.82, 2.24) is 4.98 Å². The molecule has 0 aromatic carbocycles. The number of pyridine rings is 1. The number of fused-ring (bicyclic) bond motifs is 2. The second-order valence-electron chi connectivity index (χ2n) is 5.01. The predicted molar refractivity (Wildman–Crippen MR) is 61.8 cm³/mol. The minimum Gasteiger partial charge on any atom is -0.324 e. The summed E-state index contributed by atoms with van der Waals surface area (Å²) in [4.78, 5) is 16.1. The predicted octanol–water partition coefficient (Wildman–Crippen LogP) is 2.46. The molecule has 2 aliphatic carbocycles. The summed E-state index contributed by atoms with van der Waals surface area (Å²) in [6.45, 7) is 0. The first-order chi connectivity index (χ1) is 7.83. The van der Waals surface area contributed by atoms with E-state index in [-0.39, 0.29) is 11.8 Å². The van der Waals surface area contributed by atoms with E-state index in [2.05, 4.69) is 10.3 Å². The van der Waals surface area contributed by atoms with E-state index in [1.807, 2.05) is 12.1 Å². The van der Waals surface area contributed by atoms with Gasteiger partial charge in [0.1, 0.15) is 0 Å². The zero-order valence-electron chi connectivity index (χ0n) is 9.23. The van der Waals surface area contributed by atoms with Crippen LogP contribution in [-0.2, 0) is 4.79 Å². The molecular weight excluding hydrogens is 200 g/mol. The quantitative estimate of drug-likeness (QED) is 0.825. The fourth-order valence-corrected chi connectivity index (χ4v) is 3.24. The summed E-state index contributed by atoms with van der Waals surface area (Å²) in [5.74, 6) is 1.90. The number of aromatic nitrogens is 1. The Labute approximate surface area is 95.3 Å². The molecule has 2 saturated carbocycles. The van der Waals surface area contributed by atoms with Crippen molar-refractivity contribution in [3.05, 3.63) is 24.5 Å². The highest BCUT2D eigenvalue weighted by atomic mass is 16.1. The number of hydrogen-bond acceptors (Lipinski definition) is 2. The van der Waals surface area contributed by atoms with Gasteiger partial charge >= 0.3 is 0 Å². The van der Waals surface area contributed by atoms with E-state index in [0.717, 1.165) is 18.0 Å². The van der Waals surface area contributed by atoms with Crippen molar-refractivity contribution in [3.63, 3.8) is 0 Å². The Morgan fingerprint density at radius 2 is 2.31 bits per heavy atom. The molecule has 3 atom stereocenters. The Balaban J connectivity index is 1.66. The van der Waals surface area contributed by atoms with E-state index in [1.165, 1.54) is 19.3 Å². The summed E-state index contributed by atoms with van der Waals surface area (Å²) in [7, 11) is 0. The topological polar surface area (TPSA) is 42.0 Å². The lowest BCUT2D eigenvalue weighted by Gasteiger charge is -2.20. The number of carbonyl (C=O) groups is 1. The number of carbonyl (C=O) groups excluding carboxylic acids is 1. The molecule has 0 aliphatic heterocycles. The summed E-state index contributed by atoms with van der Waals surface area (Å²) >= 11 is 0. The zero-order valence-corrected chi connectivity index (χ0v) is 9.23. The molecular formula is C13H16N2O. The van der Waals surface area contributed by atoms with Gasteiger partial charge in [0.2, 0.25) is 5.91 Å². The third-order valence-corrected chi connectivity index (χ3v) is 4.00. The number of rotatable bonds is 2. The maximum atomic E-state index is 12.1. The smallest absolute Gasteiger partial charge is 0.227 e. The van der Waals surface area contributed by atoms with Crippen LogP contribution in [0, 0.1) is 17.8 Å². The van der Waals surface area contributed by atoms with Crippen molar-refractivity contribution in [2.75, 3.05) is 5.32 Å². The largest absolute Gasteiger partial charge is 0.324 e. The maximum Gasteiger partial charge on any atom is 0.227 e. The van der Waals surface area contributed by atoms with Crippen LogP contribution >= 0.6 is 0 Å². The number of nitrogens with zero attached hydrogens (tertiary/aromatic N) is 1. The van der Waals surface area contributed by atoms with E-state index >= 15 is 0 Å². The molecule has 3 nitrogen and oxygen atoms in total. The molecule has 16 heavy (non-hydrogen) atoms. The van der Waals surface area contributed by atoms with Crippen LogP contribution in [0.15, 0.2) is 24.5 Å². The lowest BCUT2D eigenvalue weighted by molar-refractivity contribution is -0.121. The molecule has 84 valence electrons. The van der Waals surface area contributed by atoms with Gasteiger partial charge in [-0.05, 0) is 43.2 Å². The van der Waals surface area contributed by atoms with E-state index in [1.54, 1.807) is 12.4 Å². The highest BCUT2D eigenvalue weighted by Crippen LogP contribution is 2.48. The standard InChI is InChI=1S/C13H16N2O/c16-13(15-11-2-1-5-14-8-11)12-7-9-3-4-10(12)6-9/h1-2,5,8-10,12H,3-4,6-7H2,(H,15,16)/t9-,10-,12+/m1/s1. The van der Waals surface area contributed by atoms with E-state index in [0.29, 0.717) is 5.92 Å². The third kappa shape index (κ3) is 1.70. The Bertz CT molecular complexity index is 390. The van der Waals surface area contributed by atoms with Gasteiger partial charge in [-0.3, -0.25) is 9.78 Å². The summed E-state index contributed by atoms with van der Waals surface area (Å²) in [5, 5.41) is 2.97. The van der Waals surface area contributed by atoms with Gasteiger partial charge in [0.25, 0.3) is 0 Å². The average Bonchev–Trinajstić information content (AvgIpc) is 2.92. The highest BCUT2D eigenvalue weighted by molar-refractivity contribution is 5.92. The van der Waals surface area contributed by atoms with Crippen LogP contribution in [0.5, 0.6) is 0 Å². The average molecular weight is 216 g/mol. The van der Waals surface area contributed by atoms with Crippen LogP contribution in [0.25, 0.3) is 0 Å². The van der Waals surface area contributed by atoms with Gasteiger partial charge in [-0.15, -0.1) is 0 Å². The minimum atomic E-state index is 0.195. The van der Waals surface area contributed by atoms with Gasteiger partial charge in [-0.2, -0.15) is 0 Å². The van der Waals surface area contributed by atoms with Crippen molar-refractivity contribution in [1.29, 1.82) is 0 Å². The van der Waals surface area contributed by atoms with Crippen molar-refractivity contribution in [2.45, 2.75) is 25.7 Å². The Morgan fingerprint density at radius 1 is 1.38 bits per heavy atom. The molecule has 3 heteroatoms. The SMILES string of the molecule is O=C(Nc1cccnc1)[C@H]1C[C@@H]2CC[C@@H]1C2. The minimum absolute atomic E-state index is 0.195. The summed E-state index contributed by atoms with van der Waals surface area (Å²) in [5.41, 5.74) is 0.815. The Kier molecular flexibility index (Phi) is 2.39. The van der Waals surface area contributed by atoms with Gasteiger partial charge in [0.15, 0.2) is 0 Å². The summed E-state index contributed by atoms with van der Waals surface area (Å²) in [6, 6.07) is 3.73. The van der Waals surface area contributed by atoms with E-state index < -0.39 is 0 Å². The lowest BCUT2D eigenvalue weighted by atomic mass is 9.88. The molecule has 0 saturated heterocycles. The highest BCUT2D eigenvalue weighted by Gasteiger charge is 2.42. The molecule has 1 aromatic rings. The third-order valence-electron chi connectivity index (χ3n) is 4.00. The van der Waals surface area contributed by atoms with Gasteiger partial charge in [0.05, 0.1) is 11.9 Å². The zero-order chi connectivity index (χ0) is 11.0. The first-order valence-electron chi connectivity index (χ1n) is 6.04.